The van der Waals surface area contributed by atoms with E-state index in [9.17, 15) is 4.79 Å². The quantitative estimate of drug-likeness (QED) is 0.922. The van der Waals surface area contributed by atoms with Crippen molar-refractivity contribution in [2.75, 3.05) is 40.1 Å². The van der Waals surface area contributed by atoms with Gasteiger partial charge in [0.05, 0.1) is 25.9 Å². The van der Waals surface area contributed by atoms with E-state index in [2.05, 4.69) is 5.32 Å². The van der Waals surface area contributed by atoms with Crippen molar-refractivity contribution >= 4 is 6.03 Å². The highest BCUT2D eigenvalue weighted by Gasteiger charge is 2.42. The monoisotopic (exact) mass is 320 g/mol. The molecule has 0 saturated carbocycles. The highest BCUT2D eigenvalue weighted by Crippen LogP contribution is 2.26. The minimum atomic E-state index is -0.242. The van der Waals surface area contributed by atoms with Gasteiger partial charge in [-0.05, 0) is 30.5 Å². The molecule has 2 heterocycles. The average molecular weight is 320 g/mol. The first-order valence-electron chi connectivity index (χ1n) is 8.06. The normalized spacial score (nSPS) is 21.4. The van der Waals surface area contributed by atoms with Crippen LogP contribution in [0.5, 0.6) is 5.75 Å². The Labute approximate surface area is 136 Å². The molecule has 0 unspecified atom stereocenters. The predicted molar refractivity (Wildman–Crippen MR) is 85.5 cm³/mol. The van der Waals surface area contributed by atoms with Crippen molar-refractivity contribution < 1.29 is 19.0 Å². The summed E-state index contributed by atoms with van der Waals surface area (Å²) in [6, 6.07) is 7.81. The molecule has 23 heavy (non-hydrogen) atoms. The highest BCUT2D eigenvalue weighted by molar-refractivity contribution is 5.78. The fraction of sp³-hybridized carbons (Fsp3) is 0.588. The summed E-state index contributed by atoms with van der Waals surface area (Å²) in [7, 11) is 1.65. The number of hydrogen-bond donors (Lipinski definition) is 1. The first kappa shape index (κ1) is 16.1. The third-order valence-corrected chi connectivity index (χ3v) is 4.51. The van der Waals surface area contributed by atoms with Crippen molar-refractivity contribution in [2.45, 2.75) is 24.9 Å². The lowest BCUT2D eigenvalue weighted by molar-refractivity contribution is 0.0584. The van der Waals surface area contributed by atoms with Gasteiger partial charge >= 0.3 is 6.03 Å². The number of methoxy groups -OCH3 is 1. The molecule has 126 valence electrons. The first-order valence-corrected chi connectivity index (χ1v) is 8.06. The van der Waals surface area contributed by atoms with Gasteiger partial charge in [0.1, 0.15) is 5.75 Å². The highest BCUT2D eigenvalue weighted by atomic mass is 16.5. The molecule has 2 aliphatic rings. The van der Waals surface area contributed by atoms with E-state index in [0.29, 0.717) is 39.5 Å². The van der Waals surface area contributed by atoms with E-state index in [0.717, 1.165) is 24.2 Å². The zero-order chi connectivity index (χ0) is 16.1. The summed E-state index contributed by atoms with van der Waals surface area (Å²) in [6.07, 6.45) is 1.64. The minimum Gasteiger partial charge on any atom is -0.497 e. The second-order valence-corrected chi connectivity index (χ2v) is 6.14. The number of ether oxygens (including phenoxy) is 3. The maximum atomic E-state index is 12.4. The van der Waals surface area contributed by atoms with Crippen LogP contribution >= 0.6 is 0 Å². The third-order valence-electron chi connectivity index (χ3n) is 4.51. The minimum absolute atomic E-state index is 0.0138. The smallest absolute Gasteiger partial charge is 0.318 e. The molecule has 1 aromatic carbocycles. The number of carbonyl (C=O) groups is 1. The molecular weight excluding hydrogens is 296 g/mol. The Bertz CT molecular complexity index is 522. The van der Waals surface area contributed by atoms with Gasteiger partial charge in [-0.25, -0.2) is 4.79 Å². The van der Waals surface area contributed by atoms with Crippen molar-refractivity contribution in [3.05, 3.63) is 29.8 Å². The number of carbonyl (C=O) groups excluding carboxylic acids is 1. The van der Waals surface area contributed by atoms with E-state index >= 15 is 0 Å². The van der Waals surface area contributed by atoms with Crippen LogP contribution in [0.2, 0.25) is 0 Å². The number of nitrogens with one attached hydrogen (secondary N) is 1. The summed E-state index contributed by atoms with van der Waals surface area (Å²) in [4.78, 5) is 14.2. The van der Waals surface area contributed by atoms with Gasteiger partial charge in [-0.2, -0.15) is 0 Å². The van der Waals surface area contributed by atoms with Crippen LogP contribution in [0.4, 0.5) is 4.79 Å². The summed E-state index contributed by atoms with van der Waals surface area (Å²) >= 11 is 0. The van der Waals surface area contributed by atoms with Gasteiger partial charge in [-0.1, -0.05) is 12.1 Å². The van der Waals surface area contributed by atoms with Crippen LogP contribution in [0.15, 0.2) is 24.3 Å². The van der Waals surface area contributed by atoms with Crippen molar-refractivity contribution in [2.24, 2.45) is 0 Å². The summed E-state index contributed by atoms with van der Waals surface area (Å²) < 4.78 is 16.3. The molecule has 2 saturated heterocycles. The number of hydrogen-bond acceptors (Lipinski definition) is 4. The van der Waals surface area contributed by atoms with Gasteiger partial charge in [0.25, 0.3) is 0 Å². The topological polar surface area (TPSA) is 60.0 Å². The summed E-state index contributed by atoms with van der Waals surface area (Å²) in [5.41, 5.74) is 0.849. The van der Waals surface area contributed by atoms with Crippen LogP contribution in [0.1, 0.15) is 18.4 Å². The second-order valence-electron chi connectivity index (χ2n) is 6.14. The van der Waals surface area contributed by atoms with Crippen molar-refractivity contribution in [3.8, 4) is 5.75 Å². The van der Waals surface area contributed by atoms with E-state index < -0.39 is 0 Å². The van der Waals surface area contributed by atoms with Crippen LogP contribution in [0.25, 0.3) is 0 Å². The van der Waals surface area contributed by atoms with Crippen molar-refractivity contribution in [1.82, 2.24) is 10.2 Å². The van der Waals surface area contributed by atoms with Crippen LogP contribution in [-0.4, -0.2) is 56.6 Å². The second kappa shape index (κ2) is 7.19. The summed E-state index contributed by atoms with van der Waals surface area (Å²) in [5, 5.41) is 3.16. The Morgan fingerprint density at radius 2 is 1.78 bits per heavy atom. The van der Waals surface area contributed by atoms with Crippen LogP contribution in [0.3, 0.4) is 0 Å². The largest absolute Gasteiger partial charge is 0.497 e. The van der Waals surface area contributed by atoms with Gasteiger partial charge in [-0.15, -0.1) is 0 Å². The molecule has 0 radical (unpaired) electrons. The van der Waals surface area contributed by atoms with Crippen molar-refractivity contribution in [1.29, 1.82) is 0 Å². The Hall–Kier alpha value is -1.79. The lowest BCUT2D eigenvalue weighted by Crippen LogP contribution is -2.45. The van der Waals surface area contributed by atoms with E-state index in [-0.39, 0.29) is 11.6 Å². The van der Waals surface area contributed by atoms with Gasteiger partial charge in [0.15, 0.2) is 0 Å². The number of amides is 2. The number of benzene rings is 1. The molecule has 0 aliphatic carbocycles. The van der Waals surface area contributed by atoms with E-state index in [1.165, 1.54) is 0 Å². The molecule has 2 fully saturated rings. The fourth-order valence-corrected chi connectivity index (χ4v) is 3.13. The Morgan fingerprint density at radius 1 is 1.13 bits per heavy atom. The molecule has 1 aromatic rings. The summed E-state index contributed by atoms with van der Waals surface area (Å²) in [5.74, 6) is 0.821. The molecule has 2 amide bonds. The van der Waals surface area contributed by atoms with Crippen LogP contribution in [0, 0.1) is 0 Å². The first-order chi connectivity index (χ1) is 11.2. The molecule has 1 spiro atoms. The Morgan fingerprint density at radius 3 is 2.39 bits per heavy atom. The lowest BCUT2D eigenvalue weighted by Gasteiger charge is -2.27. The Balaban J connectivity index is 1.65. The van der Waals surface area contributed by atoms with Crippen LogP contribution in [-0.2, 0) is 16.0 Å². The van der Waals surface area contributed by atoms with E-state index in [1.807, 2.05) is 29.2 Å². The summed E-state index contributed by atoms with van der Waals surface area (Å²) in [6.45, 7) is 3.84. The van der Waals surface area contributed by atoms with Crippen LogP contribution < -0.4 is 10.1 Å². The van der Waals surface area contributed by atoms with Crippen molar-refractivity contribution in [3.63, 3.8) is 0 Å². The Kier molecular flexibility index (Phi) is 5.03. The molecule has 6 nitrogen and oxygen atoms in total. The molecule has 0 aromatic heterocycles. The van der Waals surface area contributed by atoms with Gasteiger partial charge in [0, 0.05) is 26.3 Å². The van der Waals surface area contributed by atoms with Gasteiger partial charge < -0.3 is 24.4 Å². The lowest BCUT2D eigenvalue weighted by atomic mass is 9.92. The number of urea groups is 1. The van der Waals surface area contributed by atoms with Gasteiger partial charge in [-0.3, -0.25) is 0 Å². The molecule has 3 rings (SSSR count). The number of nitrogens with zero attached hydrogens (tertiary/aromatic N) is 1. The molecular formula is C17H24N2O4. The molecule has 6 heteroatoms. The SMILES string of the molecule is COc1ccc(CN2CC3(CCOCCOCC3)NC2=O)cc1. The fourth-order valence-electron chi connectivity index (χ4n) is 3.13. The zero-order valence-corrected chi connectivity index (χ0v) is 13.5. The van der Waals surface area contributed by atoms with E-state index in [4.69, 9.17) is 14.2 Å². The van der Waals surface area contributed by atoms with E-state index in [1.54, 1.807) is 7.11 Å². The maximum absolute atomic E-state index is 12.4. The standard InChI is InChI=1S/C17H24N2O4/c1-21-15-4-2-14(3-5-15)12-19-13-17(18-16(19)20)6-8-22-10-11-23-9-7-17/h2-5H,6-13H2,1H3,(H,18,20). The molecule has 0 bridgehead atoms. The molecule has 0 atom stereocenters. The third kappa shape index (κ3) is 3.95. The molecule has 2 aliphatic heterocycles. The predicted octanol–water partition coefficient (Wildman–Crippen LogP) is 1.79. The maximum Gasteiger partial charge on any atom is 0.318 e. The molecule has 1 N–H and O–H groups in total. The number of rotatable bonds is 3. The van der Waals surface area contributed by atoms with Gasteiger partial charge in [0.2, 0.25) is 0 Å². The average Bonchev–Trinajstić information content (AvgIpc) is 2.92. The zero-order valence-electron chi connectivity index (χ0n) is 13.5.